The average molecular weight is 990 g/mol. The van der Waals surface area contributed by atoms with Crippen molar-refractivity contribution in [1.29, 1.82) is 0 Å². The molecule has 0 fully saturated rings. The molecule has 0 aliphatic carbocycles. The van der Waals surface area contributed by atoms with E-state index in [-0.39, 0.29) is 0 Å². The van der Waals surface area contributed by atoms with Gasteiger partial charge in [-0.25, -0.2) is 9.97 Å². The zero-order valence-electron chi connectivity index (χ0n) is 40.9. The van der Waals surface area contributed by atoms with Gasteiger partial charge in [-0.1, -0.05) is 206 Å². The third kappa shape index (κ3) is 6.29. The van der Waals surface area contributed by atoms with Gasteiger partial charge in [-0.05, 0) is 108 Å². The summed E-state index contributed by atoms with van der Waals surface area (Å²) < 4.78 is 4.68. The predicted molar refractivity (Wildman–Crippen MR) is 318 cm³/mol. The molecule has 0 saturated heterocycles. The molecule has 0 saturated carbocycles. The van der Waals surface area contributed by atoms with Crippen LogP contribution in [0, 0.1) is 0 Å². The van der Waals surface area contributed by atoms with Crippen molar-refractivity contribution in [3.8, 4) is 5.69 Å². The highest BCUT2D eigenvalue weighted by Crippen LogP contribution is 2.42. The minimum atomic E-state index is -3.12. The van der Waals surface area contributed by atoms with Crippen LogP contribution in [-0.4, -0.2) is 35.1 Å². The van der Waals surface area contributed by atoms with Crippen molar-refractivity contribution in [2.45, 2.75) is 0 Å². The average Bonchev–Trinajstić information content (AvgIpc) is 4.13. The van der Waals surface area contributed by atoms with Gasteiger partial charge in [-0.3, -0.25) is 8.97 Å². The Kier molecular flexibility index (Phi) is 9.85. The van der Waals surface area contributed by atoms with Crippen LogP contribution >= 0.6 is 0 Å². The van der Waals surface area contributed by atoms with E-state index in [1.807, 2.05) is 12.4 Å². The molecule has 352 valence electrons. The number of hydrogen-bond donors (Lipinski definition) is 0. The molecule has 1 aliphatic rings. The molecular formula is C68H47N5Si2. The SMILES string of the molecule is c1ccc(N2c3ccccc3[Si](c3ccccc3)(c3ccccc3)c3cc4c5cccnc5n(-c5cccc([Si](c6ccccc6)(c6ccccc6)c6ccc7c8ccccc8n8ccnc8c7c6)c5)c4cc32)cc1. The molecule has 0 bridgehead atoms. The van der Waals surface area contributed by atoms with Crippen LogP contribution in [-0.2, 0) is 0 Å². The molecular weight excluding hydrogens is 943 g/mol. The van der Waals surface area contributed by atoms with Gasteiger partial charge >= 0.3 is 0 Å². The Morgan fingerprint density at radius 3 is 1.65 bits per heavy atom. The summed E-state index contributed by atoms with van der Waals surface area (Å²) in [5.41, 5.74) is 8.71. The van der Waals surface area contributed by atoms with Gasteiger partial charge in [0, 0.05) is 62.9 Å². The van der Waals surface area contributed by atoms with Crippen LogP contribution in [0.1, 0.15) is 0 Å². The summed E-state index contributed by atoms with van der Waals surface area (Å²) in [4.78, 5) is 12.8. The summed E-state index contributed by atoms with van der Waals surface area (Å²) in [5, 5.41) is 16.5. The van der Waals surface area contributed by atoms with Crippen molar-refractivity contribution in [3.63, 3.8) is 0 Å². The van der Waals surface area contributed by atoms with E-state index in [0.717, 1.165) is 44.5 Å². The summed E-state index contributed by atoms with van der Waals surface area (Å²) >= 11 is 0. The van der Waals surface area contributed by atoms with Crippen molar-refractivity contribution in [1.82, 2.24) is 18.9 Å². The van der Waals surface area contributed by atoms with Gasteiger partial charge in [-0.2, -0.15) is 0 Å². The van der Waals surface area contributed by atoms with E-state index in [0.29, 0.717) is 0 Å². The summed E-state index contributed by atoms with van der Waals surface area (Å²) in [5.74, 6) is 0. The first-order valence-electron chi connectivity index (χ1n) is 25.7. The molecule has 4 aromatic heterocycles. The monoisotopic (exact) mass is 989 g/mol. The molecule has 0 spiro atoms. The van der Waals surface area contributed by atoms with Gasteiger partial charge in [0.25, 0.3) is 0 Å². The Bertz CT molecular complexity index is 4400. The maximum absolute atomic E-state index is 5.30. The highest BCUT2D eigenvalue weighted by atomic mass is 28.3. The van der Waals surface area contributed by atoms with Gasteiger partial charge in [0.05, 0.1) is 11.0 Å². The van der Waals surface area contributed by atoms with Crippen LogP contribution in [0.15, 0.2) is 286 Å². The van der Waals surface area contributed by atoms with E-state index < -0.39 is 16.1 Å². The summed E-state index contributed by atoms with van der Waals surface area (Å²) in [6.45, 7) is 0. The Labute approximate surface area is 436 Å². The number of para-hydroxylation sites is 3. The van der Waals surface area contributed by atoms with Gasteiger partial charge < -0.3 is 4.90 Å². The van der Waals surface area contributed by atoms with Gasteiger partial charge in [0.15, 0.2) is 16.1 Å². The van der Waals surface area contributed by atoms with E-state index in [2.05, 4.69) is 287 Å². The number of imidazole rings is 1. The Balaban J connectivity index is 1.04. The third-order valence-corrected chi connectivity index (χ3v) is 25.6. The van der Waals surface area contributed by atoms with E-state index in [1.165, 1.54) is 69.0 Å². The molecule has 0 atom stereocenters. The number of aromatic nitrogens is 4. The van der Waals surface area contributed by atoms with Crippen LogP contribution in [0.4, 0.5) is 17.1 Å². The lowest BCUT2D eigenvalue weighted by atomic mass is 10.1. The van der Waals surface area contributed by atoms with Crippen LogP contribution < -0.4 is 46.4 Å². The first kappa shape index (κ1) is 43.2. The zero-order chi connectivity index (χ0) is 49.5. The first-order chi connectivity index (χ1) is 37.2. The molecule has 14 aromatic rings. The van der Waals surface area contributed by atoms with Crippen molar-refractivity contribution < 1.29 is 0 Å². The number of fused-ring (bicyclic) bond motifs is 11. The largest absolute Gasteiger partial charge is 0.311 e. The molecule has 0 amide bonds. The number of hydrogen-bond acceptors (Lipinski definition) is 3. The second-order valence-corrected chi connectivity index (χ2v) is 27.2. The lowest BCUT2D eigenvalue weighted by Crippen LogP contribution is -2.77. The fourth-order valence-electron chi connectivity index (χ4n) is 13.0. The smallest absolute Gasteiger partial charge is 0.184 e. The van der Waals surface area contributed by atoms with Gasteiger partial charge in [-0.15, -0.1) is 0 Å². The Morgan fingerprint density at radius 1 is 0.333 bits per heavy atom. The molecule has 0 unspecified atom stereocenters. The van der Waals surface area contributed by atoms with Crippen molar-refractivity contribution in [3.05, 3.63) is 286 Å². The quantitative estimate of drug-likeness (QED) is 0.0865. The fraction of sp³-hybridized carbons (Fsp3) is 0. The Hall–Kier alpha value is -9.41. The molecule has 15 rings (SSSR count). The standard InChI is InChI=1S/C68H47N5Si2/c1-6-22-48(23-7-1)72-62-37-18-19-38-65(62)75(52-29-12-4-13-30-52,53-31-14-5-15-32-53)66-46-59-58-35-21-41-69-68(58)73(63(59)47-64(66)72)49-24-20-33-54(44-49)74(50-25-8-2-9-26-50,51-27-10-3-11-28-51)55-39-40-56-57-34-16-17-36-61(57)71-43-42-70-67(71)60(56)45-55/h1-47H. The van der Waals surface area contributed by atoms with E-state index in [1.54, 1.807) is 0 Å². The minimum Gasteiger partial charge on any atom is -0.311 e. The lowest BCUT2D eigenvalue weighted by molar-refractivity contribution is 1.14. The van der Waals surface area contributed by atoms with Gasteiger partial charge in [0.2, 0.25) is 0 Å². The molecule has 0 radical (unpaired) electrons. The van der Waals surface area contributed by atoms with Crippen LogP contribution in [0.5, 0.6) is 0 Å². The topological polar surface area (TPSA) is 38.4 Å². The van der Waals surface area contributed by atoms with Crippen molar-refractivity contribution in [2.24, 2.45) is 0 Å². The van der Waals surface area contributed by atoms with Crippen molar-refractivity contribution >= 4 is 124 Å². The third-order valence-electron chi connectivity index (χ3n) is 16.0. The highest BCUT2D eigenvalue weighted by Gasteiger charge is 2.49. The highest BCUT2D eigenvalue weighted by molar-refractivity contribution is 7.21. The molecule has 75 heavy (non-hydrogen) atoms. The van der Waals surface area contributed by atoms with Crippen molar-refractivity contribution in [2.75, 3.05) is 4.90 Å². The number of anilines is 3. The number of pyridine rings is 2. The molecule has 0 N–H and O–H groups in total. The predicted octanol–water partition coefficient (Wildman–Crippen LogP) is 10.7. The number of rotatable bonds is 8. The normalized spacial score (nSPS) is 13.1. The van der Waals surface area contributed by atoms with E-state index in [4.69, 9.17) is 9.97 Å². The zero-order valence-corrected chi connectivity index (χ0v) is 42.9. The number of nitrogens with zero attached hydrogens (tertiary/aromatic N) is 5. The maximum atomic E-state index is 5.30. The first-order valence-corrected chi connectivity index (χ1v) is 29.7. The van der Waals surface area contributed by atoms with Crippen LogP contribution in [0.3, 0.4) is 0 Å². The fourth-order valence-corrected chi connectivity index (χ4v) is 22.9. The lowest BCUT2D eigenvalue weighted by Gasteiger charge is -2.45. The minimum absolute atomic E-state index is 0.924. The summed E-state index contributed by atoms with van der Waals surface area (Å²) in [6.07, 6.45) is 5.96. The number of benzene rings is 10. The maximum Gasteiger partial charge on any atom is 0.184 e. The van der Waals surface area contributed by atoms with E-state index in [9.17, 15) is 0 Å². The molecule has 7 heteroatoms. The molecule has 5 heterocycles. The second kappa shape index (κ2) is 17.1. The summed E-state index contributed by atoms with van der Waals surface area (Å²) in [7, 11) is -6.11. The molecule has 1 aliphatic heterocycles. The molecule has 5 nitrogen and oxygen atoms in total. The Morgan fingerprint density at radius 2 is 0.920 bits per heavy atom. The van der Waals surface area contributed by atoms with Gasteiger partial charge in [0.1, 0.15) is 11.3 Å². The van der Waals surface area contributed by atoms with Crippen LogP contribution in [0.2, 0.25) is 0 Å². The molecule has 10 aromatic carbocycles. The summed E-state index contributed by atoms with van der Waals surface area (Å²) in [6, 6.07) is 99.9. The van der Waals surface area contributed by atoms with E-state index >= 15 is 0 Å². The van der Waals surface area contributed by atoms with Crippen LogP contribution in [0.25, 0.3) is 54.9 Å². The second-order valence-electron chi connectivity index (χ2n) is 19.7.